The largest absolute Gasteiger partial charge is 0.341 e. The van der Waals surface area contributed by atoms with Crippen molar-refractivity contribution in [3.63, 3.8) is 0 Å². The minimum Gasteiger partial charge on any atom is -0.341 e. The summed E-state index contributed by atoms with van der Waals surface area (Å²) in [5.41, 5.74) is 0.497. The molecule has 2 atom stereocenters. The summed E-state index contributed by atoms with van der Waals surface area (Å²) in [6, 6.07) is 0. The molecule has 2 aliphatic heterocycles. The fourth-order valence-corrected chi connectivity index (χ4v) is 4.25. The number of carbonyl (C=O) groups is 2. The van der Waals surface area contributed by atoms with Crippen LogP contribution in [0.3, 0.4) is 0 Å². The summed E-state index contributed by atoms with van der Waals surface area (Å²) in [7, 11) is 0. The van der Waals surface area contributed by atoms with E-state index < -0.39 is 0 Å². The maximum absolute atomic E-state index is 12.8. The van der Waals surface area contributed by atoms with E-state index in [9.17, 15) is 9.59 Å². The van der Waals surface area contributed by atoms with Crippen molar-refractivity contribution in [2.75, 3.05) is 45.8 Å². The zero-order valence-corrected chi connectivity index (χ0v) is 18.0. The third kappa shape index (κ3) is 4.93. The molecule has 2 unspecified atom stereocenters. The van der Waals surface area contributed by atoms with Crippen LogP contribution in [0, 0.1) is 11.8 Å². The van der Waals surface area contributed by atoms with Gasteiger partial charge in [0.25, 0.3) is 5.91 Å². The van der Waals surface area contributed by atoms with Crippen molar-refractivity contribution in [2.24, 2.45) is 11.8 Å². The zero-order chi connectivity index (χ0) is 20.5. The number of carbonyl (C=O) groups excluding carboxylic acids is 2. The molecule has 3 heterocycles. The van der Waals surface area contributed by atoms with Crippen LogP contribution < -0.4 is 0 Å². The first-order valence-electron chi connectivity index (χ1n) is 10.5. The van der Waals surface area contributed by atoms with Crippen molar-refractivity contribution in [1.29, 1.82) is 0 Å². The lowest BCUT2D eigenvalue weighted by Crippen LogP contribution is -2.53. The quantitative estimate of drug-likeness (QED) is 0.792. The summed E-state index contributed by atoms with van der Waals surface area (Å²) in [5, 5.41) is 4.33. The summed E-state index contributed by atoms with van der Waals surface area (Å²) in [6.45, 7) is 15.6. The lowest BCUT2D eigenvalue weighted by Gasteiger charge is -2.38. The van der Waals surface area contributed by atoms with Gasteiger partial charge in [0.2, 0.25) is 5.91 Å². The highest BCUT2D eigenvalue weighted by molar-refractivity contribution is 5.93. The van der Waals surface area contributed by atoms with Gasteiger partial charge < -0.3 is 9.80 Å². The van der Waals surface area contributed by atoms with Crippen molar-refractivity contribution < 1.29 is 9.59 Å². The Morgan fingerprint density at radius 2 is 1.64 bits per heavy atom. The van der Waals surface area contributed by atoms with Gasteiger partial charge in [-0.2, -0.15) is 5.10 Å². The number of hydrogen-bond donors (Lipinski definition) is 0. The van der Waals surface area contributed by atoms with Crippen molar-refractivity contribution >= 4 is 11.8 Å². The van der Waals surface area contributed by atoms with Crippen LogP contribution in [0.5, 0.6) is 0 Å². The molecule has 0 N–H and O–H groups in total. The Balaban J connectivity index is 1.49. The molecule has 1 aromatic heterocycles. The first-order valence-corrected chi connectivity index (χ1v) is 10.5. The first kappa shape index (κ1) is 20.8. The number of nitrogens with zero attached hydrogens (tertiary/aromatic N) is 5. The normalized spacial score (nSPS) is 24.5. The van der Waals surface area contributed by atoms with Crippen molar-refractivity contribution in [3.8, 4) is 0 Å². The van der Waals surface area contributed by atoms with E-state index >= 15 is 0 Å². The van der Waals surface area contributed by atoms with Crippen LogP contribution in [0.2, 0.25) is 0 Å². The van der Waals surface area contributed by atoms with Gasteiger partial charge in [-0.05, 0) is 39.0 Å². The molecule has 1 aromatic rings. The predicted molar refractivity (Wildman–Crippen MR) is 109 cm³/mol. The van der Waals surface area contributed by atoms with Gasteiger partial charge in [0.15, 0.2) is 0 Å². The lowest BCUT2D eigenvalue weighted by atomic mass is 9.92. The van der Waals surface area contributed by atoms with Crippen LogP contribution in [0.15, 0.2) is 12.4 Å². The summed E-state index contributed by atoms with van der Waals surface area (Å²) >= 11 is 0. The molecule has 0 aromatic carbocycles. The average molecular weight is 390 g/mol. The Bertz CT molecular complexity index is 690. The number of likely N-dealkylation sites (tertiary alicyclic amines) is 1. The van der Waals surface area contributed by atoms with Gasteiger partial charge in [-0.15, -0.1) is 0 Å². The summed E-state index contributed by atoms with van der Waals surface area (Å²) in [5.74, 6) is 1.41. The molecular weight excluding hydrogens is 354 g/mol. The van der Waals surface area contributed by atoms with Crippen LogP contribution in [0.4, 0.5) is 0 Å². The SMILES string of the molecule is CC1CC(C)CN(C(=O)CN2CCN(C(=O)c3cnn(C(C)(C)C)c3)CC2)C1. The van der Waals surface area contributed by atoms with Gasteiger partial charge in [-0.1, -0.05) is 13.8 Å². The molecule has 28 heavy (non-hydrogen) atoms. The average Bonchev–Trinajstić information content (AvgIpc) is 3.11. The molecule has 7 nitrogen and oxygen atoms in total. The molecule has 2 amide bonds. The highest BCUT2D eigenvalue weighted by Gasteiger charge is 2.29. The van der Waals surface area contributed by atoms with Crippen LogP contribution >= 0.6 is 0 Å². The molecule has 2 aliphatic rings. The topological polar surface area (TPSA) is 61.7 Å². The number of piperazine rings is 1. The number of aromatic nitrogens is 2. The van der Waals surface area contributed by atoms with Gasteiger partial charge in [0, 0.05) is 45.5 Å². The van der Waals surface area contributed by atoms with Crippen LogP contribution in [0.1, 0.15) is 51.4 Å². The molecule has 7 heteroatoms. The zero-order valence-electron chi connectivity index (χ0n) is 18.0. The number of hydrogen-bond acceptors (Lipinski definition) is 4. The van der Waals surface area contributed by atoms with Crippen LogP contribution in [-0.4, -0.2) is 82.1 Å². The fraction of sp³-hybridized carbons (Fsp3) is 0.762. The Hall–Kier alpha value is -1.89. The number of amides is 2. The molecule has 156 valence electrons. The Labute approximate surface area is 168 Å². The molecule has 0 aliphatic carbocycles. The molecule has 0 spiro atoms. The molecule has 2 saturated heterocycles. The monoisotopic (exact) mass is 389 g/mol. The van der Waals surface area contributed by atoms with E-state index in [-0.39, 0.29) is 17.4 Å². The van der Waals surface area contributed by atoms with Gasteiger partial charge in [-0.25, -0.2) is 0 Å². The molecule has 0 saturated carbocycles. The van der Waals surface area contributed by atoms with E-state index in [1.165, 1.54) is 6.42 Å². The summed E-state index contributed by atoms with van der Waals surface area (Å²) < 4.78 is 1.83. The second-order valence-electron chi connectivity index (χ2n) is 9.66. The second-order valence-corrected chi connectivity index (χ2v) is 9.66. The van der Waals surface area contributed by atoms with E-state index in [2.05, 4.69) is 44.6 Å². The smallest absolute Gasteiger partial charge is 0.257 e. The number of rotatable bonds is 3. The second kappa shape index (κ2) is 8.23. The fourth-order valence-electron chi connectivity index (χ4n) is 4.25. The third-order valence-corrected chi connectivity index (χ3v) is 5.76. The maximum Gasteiger partial charge on any atom is 0.257 e. The maximum atomic E-state index is 12.8. The molecule has 0 radical (unpaired) electrons. The Morgan fingerprint density at radius 3 is 2.18 bits per heavy atom. The van der Waals surface area contributed by atoms with E-state index in [0.717, 1.165) is 26.2 Å². The van der Waals surface area contributed by atoms with Gasteiger partial charge in [0.05, 0.1) is 23.8 Å². The third-order valence-electron chi connectivity index (χ3n) is 5.76. The predicted octanol–water partition coefficient (Wildman–Crippen LogP) is 1.90. The van der Waals surface area contributed by atoms with Crippen LogP contribution in [0.25, 0.3) is 0 Å². The van der Waals surface area contributed by atoms with Crippen molar-refractivity contribution in [3.05, 3.63) is 18.0 Å². The Kier molecular flexibility index (Phi) is 6.12. The van der Waals surface area contributed by atoms with E-state index in [1.54, 1.807) is 6.20 Å². The molecule has 0 bridgehead atoms. The van der Waals surface area contributed by atoms with Crippen molar-refractivity contribution in [2.45, 2.75) is 46.6 Å². The van der Waals surface area contributed by atoms with Gasteiger partial charge >= 0.3 is 0 Å². The number of piperidine rings is 1. The van der Waals surface area contributed by atoms with Crippen molar-refractivity contribution in [1.82, 2.24) is 24.5 Å². The summed E-state index contributed by atoms with van der Waals surface area (Å²) in [4.78, 5) is 31.5. The highest BCUT2D eigenvalue weighted by atomic mass is 16.2. The van der Waals surface area contributed by atoms with E-state index in [0.29, 0.717) is 37.0 Å². The standard InChI is InChI=1S/C21H35N5O2/c1-16-10-17(2)13-25(12-16)19(27)15-23-6-8-24(9-7-23)20(28)18-11-22-26(14-18)21(3,4)5/h11,14,16-17H,6-10,12-13,15H2,1-5H3. The molecular formula is C21H35N5O2. The highest BCUT2D eigenvalue weighted by Crippen LogP contribution is 2.21. The summed E-state index contributed by atoms with van der Waals surface area (Å²) in [6.07, 6.45) is 4.69. The van der Waals surface area contributed by atoms with E-state index in [1.807, 2.05) is 20.7 Å². The molecule has 3 rings (SSSR count). The first-order chi connectivity index (χ1) is 13.1. The minimum atomic E-state index is -0.138. The van der Waals surface area contributed by atoms with Crippen LogP contribution in [-0.2, 0) is 10.3 Å². The minimum absolute atomic E-state index is 0.0279. The molecule has 2 fully saturated rings. The Morgan fingerprint density at radius 1 is 1.04 bits per heavy atom. The van der Waals surface area contributed by atoms with Gasteiger partial charge in [-0.3, -0.25) is 19.2 Å². The van der Waals surface area contributed by atoms with E-state index in [4.69, 9.17) is 0 Å². The lowest BCUT2D eigenvalue weighted by molar-refractivity contribution is -0.135. The van der Waals surface area contributed by atoms with Gasteiger partial charge in [0.1, 0.15) is 0 Å².